The third kappa shape index (κ3) is 4.29. The second-order valence-corrected chi connectivity index (χ2v) is 8.16. The molecule has 2 aromatic carbocycles. The Morgan fingerprint density at radius 1 is 1.00 bits per heavy atom. The van der Waals surface area contributed by atoms with Crippen molar-refractivity contribution in [1.29, 1.82) is 0 Å². The largest absolute Gasteiger partial charge is 0.306 e. The quantitative estimate of drug-likeness (QED) is 0.511. The van der Waals surface area contributed by atoms with Gasteiger partial charge in [0.1, 0.15) is 5.82 Å². The van der Waals surface area contributed by atoms with Gasteiger partial charge in [0, 0.05) is 48.4 Å². The molecular weight excluding hydrogens is 408 g/mol. The lowest BCUT2D eigenvalue weighted by molar-refractivity contribution is 0.241. The van der Waals surface area contributed by atoms with Crippen molar-refractivity contribution in [3.63, 3.8) is 0 Å². The summed E-state index contributed by atoms with van der Waals surface area (Å²) in [5, 5.41) is 0.699. The molecule has 0 bridgehead atoms. The van der Waals surface area contributed by atoms with Gasteiger partial charge in [-0.25, -0.2) is 4.98 Å². The minimum Gasteiger partial charge on any atom is -0.306 e. The van der Waals surface area contributed by atoms with Crippen LogP contribution in [0.2, 0.25) is 5.02 Å². The fraction of sp³-hybridized carbons (Fsp3) is 0.160. The first-order valence-corrected chi connectivity index (χ1v) is 10.6. The van der Waals surface area contributed by atoms with Crippen LogP contribution in [0.25, 0.3) is 22.6 Å². The number of nitrogens with zero attached hydrogens (tertiary/aromatic N) is 3. The normalized spacial score (nSPS) is 13.7. The Balaban J connectivity index is 1.31. The molecule has 0 atom stereocenters. The van der Waals surface area contributed by atoms with E-state index in [0.717, 1.165) is 53.2 Å². The van der Waals surface area contributed by atoms with Crippen LogP contribution in [0.3, 0.4) is 0 Å². The third-order valence-corrected chi connectivity index (χ3v) is 5.78. The Bertz CT molecular complexity index is 1270. The monoisotopic (exact) mass is 428 g/mol. The molecule has 0 saturated carbocycles. The minimum absolute atomic E-state index is 0.0528. The standard InChI is InChI=1S/C25H21ClN4O/c26-20-8-4-7-19(13-20)22-10-9-17(14-27-22)15-30-12-11-23-21(16-30)25(31)29-24(28-23)18-5-2-1-3-6-18/h1-10,13-14H,11-12,15-16H2,(H,28,29,31). The Morgan fingerprint density at radius 3 is 2.61 bits per heavy atom. The summed E-state index contributed by atoms with van der Waals surface area (Å²) < 4.78 is 0. The summed E-state index contributed by atoms with van der Waals surface area (Å²) in [5.74, 6) is 0.638. The molecule has 4 aromatic rings. The van der Waals surface area contributed by atoms with Crippen molar-refractivity contribution >= 4 is 11.6 Å². The van der Waals surface area contributed by atoms with Crippen molar-refractivity contribution in [3.8, 4) is 22.6 Å². The van der Waals surface area contributed by atoms with E-state index >= 15 is 0 Å². The molecule has 2 aromatic heterocycles. The topological polar surface area (TPSA) is 61.9 Å². The Morgan fingerprint density at radius 2 is 1.84 bits per heavy atom. The van der Waals surface area contributed by atoms with Gasteiger partial charge in [-0.1, -0.05) is 60.1 Å². The van der Waals surface area contributed by atoms with Crippen LogP contribution in [0, 0.1) is 0 Å². The van der Waals surface area contributed by atoms with Gasteiger partial charge >= 0.3 is 0 Å². The summed E-state index contributed by atoms with van der Waals surface area (Å²) >= 11 is 6.09. The highest BCUT2D eigenvalue weighted by atomic mass is 35.5. The van der Waals surface area contributed by atoms with Gasteiger partial charge in [-0.15, -0.1) is 0 Å². The van der Waals surface area contributed by atoms with E-state index in [9.17, 15) is 4.79 Å². The average Bonchev–Trinajstić information content (AvgIpc) is 2.80. The van der Waals surface area contributed by atoms with Gasteiger partial charge in [0.15, 0.2) is 0 Å². The lowest BCUT2D eigenvalue weighted by atomic mass is 10.1. The number of nitrogens with one attached hydrogen (secondary N) is 1. The second-order valence-electron chi connectivity index (χ2n) is 7.73. The zero-order chi connectivity index (χ0) is 21.2. The highest BCUT2D eigenvalue weighted by Gasteiger charge is 2.21. The van der Waals surface area contributed by atoms with Crippen molar-refractivity contribution in [2.24, 2.45) is 0 Å². The van der Waals surface area contributed by atoms with Gasteiger partial charge in [-0.3, -0.25) is 14.7 Å². The highest BCUT2D eigenvalue weighted by Crippen LogP contribution is 2.23. The Kier molecular flexibility index (Phi) is 5.37. The molecule has 6 heteroatoms. The van der Waals surface area contributed by atoms with E-state index in [1.807, 2.05) is 66.9 Å². The molecular formula is C25H21ClN4O. The number of H-pyrrole nitrogens is 1. The fourth-order valence-electron chi connectivity index (χ4n) is 3.94. The molecule has 5 rings (SSSR count). The molecule has 0 amide bonds. The number of aromatic amines is 1. The number of hydrogen-bond donors (Lipinski definition) is 1. The number of halogens is 1. The number of aromatic nitrogens is 3. The van der Waals surface area contributed by atoms with Crippen LogP contribution < -0.4 is 5.56 Å². The van der Waals surface area contributed by atoms with E-state index < -0.39 is 0 Å². The van der Waals surface area contributed by atoms with E-state index in [-0.39, 0.29) is 5.56 Å². The molecule has 3 heterocycles. The molecule has 5 nitrogen and oxygen atoms in total. The first kappa shape index (κ1) is 19.7. The average molecular weight is 429 g/mol. The molecule has 0 spiro atoms. The number of pyridine rings is 1. The summed E-state index contributed by atoms with van der Waals surface area (Å²) in [4.78, 5) is 27.3. The predicted molar refractivity (Wildman–Crippen MR) is 123 cm³/mol. The molecule has 0 saturated heterocycles. The van der Waals surface area contributed by atoms with Gasteiger partial charge in [-0.2, -0.15) is 0 Å². The second kappa shape index (κ2) is 8.46. The summed E-state index contributed by atoms with van der Waals surface area (Å²) in [6.45, 7) is 2.18. The molecule has 0 radical (unpaired) electrons. The molecule has 1 N–H and O–H groups in total. The van der Waals surface area contributed by atoms with Crippen LogP contribution >= 0.6 is 11.6 Å². The van der Waals surface area contributed by atoms with E-state index in [1.54, 1.807) is 0 Å². The first-order valence-electron chi connectivity index (χ1n) is 10.3. The van der Waals surface area contributed by atoms with Gasteiger partial charge in [0.2, 0.25) is 0 Å². The van der Waals surface area contributed by atoms with Crippen LogP contribution in [-0.2, 0) is 19.5 Å². The number of fused-ring (bicyclic) bond motifs is 1. The fourth-order valence-corrected chi connectivity index (χ4v) is 4.13. The summed E-state index contributed by atoms with van der Waals surface area (Å²) in [7, 11) is 0. The smallest absolute Gasteiger partial charge is 0.255 e. The molecule has 154 valence electrons. The van der Waals surface area contributed by atoms with E-state index in [2.05, 4.69) is 20.9 Å². The maximum Gasteiger partial charge on any atom is 0.255 e. The van der Waals surface area contributed by atoms with Crippen LogP contribution in [0.5, 0.6) is 0 Å². The SMILES string of the molecule is O=c1[nH]c(-c2ccccc2)nc2c1CN(Cc1ccc(-c3cccc(Cl)c3)nc1)CC2. The van der Waals surface area contributed by atoms with Crippen LogP contribution in [0.4, 0.5) is 0 Å². The number of rotatable bonds is 4. The van der Waals surface area contributed by atoms with Crippen molar-refractivity contribution in [2.75, 3.05) is 6.54 Å². The molecule has 1 aliphatic rings. The van der Waals surface area contributed by atoms with Crippen LogP contribution in [-0.4, -0.2) is 26.4 Å². The molecule has 31 heavy (non-hydrogen) atoms. The van der Waals surface area contributed by atoms with Gasteiger partial charge in [0.25, 0.3) is 5.56 Å². The summed E-state index contributed by atoms with van der Waals surface area (Å²) in [6.07, 6.45) is 2.65. The number of hydrogen-bond acceptors (Lipinski definition) is 4. The van der Waals surface area contributed by atoms with Gasteiger partial charge in [-0.05, 0) is 23.8 Å². The van der Waals surface area contributed by atoms with E-state index in [1.165, 1.54) is 0 Å². The minimum atomic E-state index is -0.0528. The van der Waals surface area contributed by atoms with Crippen molar-refractivity contribution in [3.05, 3.63) is 105 Å². The van der Waals surface area contributed by atoms with Gasteiger partial charge < -0.3 is 4.98 Å². The van der Waals surface area contributed by atoms with Crippen LogP contribution in [0.15, 0.2) is 77.7 Å². The first-order chi connectivity index (χ1) is 15.2. The lowest BCUT2D eigenvalue weighted by Crippen LogP contribution is -2.35. The Labute approximate surface area is 185 Å². The zero-order valence-corrected chi connectivity index (χ0v) is 17.6. The maximum absolute atomic E-state index is 12.7. The Hall–Kier alpha value is -3.28. The number of benzene rings is 2. The van der Waals surface area contributed by atoms with Gasteiger partial charge in [0.05, 0.1) is 17.0 Å². The molecule has 0 fully saturated rings. The summed E-state index contributed by atoms with van der Waals surface area (Å²) in [6, 6.07) is 21.5. The van der Waals surface area contributed by atoms with E-state index in [4.69, 9.17) is 16.6 Å². The summed E-state index contributed by atoms with van der Waals surface area (Å²) in [5.41, 5.74) is 5.53. The van der Waals surface area contributed by atoms with Crippen molar-refractivity contribution in [1.82, 2.24) is 19.9 Å². The molecule has 1 aliphatic heterocycles. The van der Waals surface area contributed by atoms with E-state index in [0.29, 0.717) is 17.4 Å². The molecule has 0 aliphatic carbocycles. The van der Waals surface area contributed by atoms with Crippen LogP contribution in [0.1, 0.15) is 16.8 Å². The third-order valence-electron chi connectivity index (χ3n) is 5.55. The lowest BCUT2D eigenvalue weighted by Gasteiger charge is -2.27. The van der Waals surface area contributed by atoms with Crippen molar-refractivity contribution < 1.29 is 0 Å². The predicted octanol–water partition coefficient (Wildman–Crippen LogP) is 4.71. The zero-order valence-electron chi connectivity index (χ0n) is 16.9. The molecule has 0 unspecified atom stereocenters. The maximum atomic E-state index is 12.7. The highest BCUT2D eigenvalue weighted by molar-refractivity contribution is 6.30. The van der Waals surface area contributed by atoms with Crippen molar-refractivity contribution in [2.45, 2.75) is 19.5 Å².